The molecule has 0 saturated carbocycles. The second-order valence-electron chi connectivity index (χ2n) is 4.74. The zero-order chi connectivity index (χ0) is 16.3. The van der Waals surface area contributed by atoms with Gasteiger partial charge in [-0.05, 0) is 24.6 Å². The molecule has 5 N–H and O–H groups in total. The van der Waals surface area contributed by atoms with Crippen molar-refractivity contribution >= 4 is 35.7 Å². The van der Waals surface area contributed by atoms with Crippen LogP contribution in [0.15, 0.2) is 30.5 Å². The molecule has 22 heavy (non-hydrogen) atoms. The molecule has 0 fully saturated rings. The number of carboxylic acid groups (broad SMARTS) is 2. The number of nitrogens with one attached hydrogen (secondary N) is 2. The van der Waals surface area contributed by atoms with Gasteiger partial charge in [0.15, 0.2) is 0 Å². The number of carboxylic acids is 2. The maximum absolute atomic E-state index is 12.5. The maximum Gasteiger partial charge on any atom is 0.321 e. The molecule has 2 aromatic rings. The molecular formula is C13H15N2O6P. The molecule has 0 aliphatic rings. The molecule has 2 atom stereocenters. The molecular weight excluding hydrogens is 311 g/mol. The summed E-state index contributed by atoms with van der Waals surface area (Å²) in [4.78, 5) is 34.8. The van der Waals surface area contributed by atoms with E-state index in [0.29, 0.717) is 10.9 Å². The molecule has 9 heteroatoms. The fraction of sp³-hybridized carbons (Fsp3) is 0.231. The zero-order valence-electron chi connectivity index (χ0n) is 11.4. The minimum atomic E-state index is -4.17. The topological polar surface area (TPSA) is 140 Å². The Balaban J connectivity index is 2.28. The number of aromatic amines is 1. The molecule has 1 heterocycles. The lowest BCUT2D eigenvalue weighted by Crippen LogP contribution is -2.37. The second-order valence-corrected chi connectivity index (χ2v) is 6.64. The Kier molecular flexibility index (Phi) is 4.65. The van der Waals surface area contributed by atoms with Crippen molar-refractivity contribution in [3.63, 3.8) is 0 Å². The molecule has 2 rings (SSSR count). The highest BCUT2D eigenvalue weighted by atomic mass is 31.2. The Morgan fingerprint density at radius 3 is 2.64 bits per heavy atom. The fourth-order valence-corrected chi connectivity index (χ4v) is 3.74. The second kappa shape index (κ2) is 6.31. The van der Waals surface area contributed by atoms with E-state index in [1.807, 2.05) is 0 Å². The third-order valence-electron chi connectivity index (χ3n) is 3.17. The maximum atomic E-state index is 12.5. The average Bonchev–Trinajstić information content (AvgIpc) is 2.90. The molecule has 0 aliphatic carbocycles. The number of carbonyl (C=O) groups is 2. The molecule has 0 spiro atoms. The Bertz CT molecular complexity index is 756. The Labute approximate surface area is 125 Å². The normalized spacial score (nSPS) is 15.3. The first-order valence-electron chi connectivity index (χ1n) is 6.43. The van der Waals surface area contributed by atoms with Crippen LogP contribution in [0.3, 0.4) is 0 Å². The van der Waals surface area contributed by atoms with Gasteiger partial charge in [-0.2, -0.15) is 0 Å². The number of H-pyrrole nitrogens is 1. The van der Waals surface area contributed by atoms with Crippen molar-refractivity contribution < 1.29 is 29.3 Å². The van der Waals surface area contributed by atoms with Gasteiger partial charge in [-0.15, -0.1) is 0 Å². The molecule has 0 bridgehead atoms. The monoisotopic (exact) mass is 326 g/mol. The van der Waals surface area contributed by atoms with Crippen molar-refractivity contribution in [3.05, 3.63) is 30.5 Å². The zero-order valence-corrected chi connectivity index (χ0v) is 12.3. The van der Waals surface area contributed by atoms with Gasteiger partial charge in [0.25, 0.3) is 7.52 Å². The van der Waals surface area contributed by atoms with Crippen LogP contribution in [0, 0.1) is 0 Å². The van der Waals surface area contributed by atoms with Crippen molar-refractivity contribution in [2.24, 2.45) is 0 Å². The van der Waals surface area contributed by atoms with Crippen LogP contribution in [0.25, 0.3) is 10.9 Å². The van der Waals surface area contributed by atoms with E-state index in [9.17, 15) is 19.0 Å². The van der Waals surface area contributed by atoms with Crippen LogP contribution in [-0.2, 0) is 14.2 Å². The van der Waals surface area contributed by atoms with Crippen LogP contribution in [0.4, 0.5) is 0 Å². The Hall–Kier alpha value is -2.15. The van der Waals surface area contributed by atoms with E-state index in [0.717, 1.165) is 0 Å². The van der Waals surface area contributed by atoms with Crippen LogP contribution in [0.1, 0.15) is 12.8 Å². The van der Waals surface area contributed by atoms with Gasteiger partial charge in [-0.3, -0.25) is 14.2 Å². The number of fused-ring (bicyclic) bond motifs is 1. The summed E-state index contributed by atoms with van der Waals surface area (Å²) in [7, 11) is -4.17. The van der Waals surface area contributed by atoms with Crippen LogP contribution in [-0.4, -0.2) is 38.1 Å². The first kappa shape index (κ1) is 16.2. The van der Waals surface area contributed by atoms with Gasteiger partial charge in [0.05, 0.1) is 5.30 Å². The number of aromatic nitrogens is 1. The first-order chi connectivity index (χ1) is 10.3. The van der Waals surface area contributed by atoms with E-state index < -0.39 is 31.9 Å². The van der Waals surface area contributed by atoms with E-state index in [4.69, 9.17) is 10.2 Å². The van der Waals surface area contributed by atoms with Gasteiger partial charge < -0.3 is 20.1 Å². The van der Waals surface area contributed by atoms with Gasteiger partial charge in [0.1, 0.15) is 6.04 Å². The lowest BCUT2D eigenvalue weighted by Gasteiger charge is -2.19. The number of rotatable bonds is 7. The third-order valence-corrected chi connectivity index (χ3v) is 4.88. The van der Waals surface area contributed by atoms with Gasteiger partial charge in [-0.1, -0.05) is 6.07 Å². The standard InChI is InChI=1S/C13H15N2O6P/c16-12(17)5-4-10(13(18)19)15-22(20,21)11-3-1-2-9-8(11)6-7-14-9/h1-3,6-7,10,14H,4-5H2,(H,16,17)(H,18,19)(H2,15,20,21). The molecule has 0 radical (unpaired) electrons. The number of hydrogen-bond acceptors (Lipinski definition) is 3. The minimum Gasteiger partial charge on any atom is -0.481 e. The summed E-state index contributed by atoms with van der Waals surface area (Å²) < 4.78 is 12.5. The van der Waals surface area contributed by atoms with Crippen molar-refractivity contribution in [1.29, 1.82) is 0 Å². The molecule has 0 aliphatic heterocycles. The van der Waals surface area contributed by atoms with E-state index in [-0.39, 0.29) is 11.7 Å². The highest BCUT2D eigenvalue weighted by Crippen LogP contribution is 2.38. The quantitative estimate of drug-likeness (QED) is 0.476. The Morgan fingerprint density at radius 1 is 1.27 bits per heavy atom. The fourth-order valence-electron chi connectivity index (χ4n) is 2.12. The first-order valence-corrected chi connectivity index (χ1v) is 8.09. The molecule has 1 aromatic heterocycles. The van der Waals surface area contributed by atoms with Crippen LogP contribution >= 0.6 is 7.52 Å². The number of hydrogen-bond donors (Lipinski definition) is 5. The minimum absolute atomic E-state index is 0.0767. The molecule has 118 valence electrons. The average molecular weight is 326 g/mol. The highest BCUT2D eigenvalue weighted by Gasteiger charge is 2.31. The number of aliphatic carboxylic acids is 2. The molecule has 0 saturated heterocycles. The smallest absolute Gasteiger partial charge is 0.321 e. The third kappa shape index (κ3) is 3.54. The number of benzene rings is 1. The van der Waals surface area contributed by atoms with Crippen LogP contribution < -0.4 is 10.4 Å². The highest BCUT2D eigenvalue weighted by molar-refractivity contribution is 7.64. The van der Waals surface area contributed by atoms with Crippen LogP contribution in [0.2, 0.25) is 0 Å². The van der Waals surface area contributed by atoms with E-state index >= 15 is 0 Å². The SMILES string of the molecule is O=C(O)CCC(NP(=O)(O)c1cccc2[nH]ccc12)C(=O)O. The van der Waals surface area contributed by atoms with Gasteiger partial charge in [-0.25, -0.2) is 5.09 Å². The van der Waals surface area contributed by atoms with Crippen LogP contribution in [0.5, 0.6) is 0 Å². The van der Waals surface area contributed by atoms with Crippen molar-refractivity contribution in [3.8, 4) is 0 Å². The van der Waals surface area contributed by atoms with Crippen molar-refractivity contribution in [2.75, 3.05) is 0 Å². The molecule has 2 unspecified atom stereocenters. The Morgan fingerprint density at radius 2 is 2.00 bits per heavy atom. The summed E-state index contributed by atoms with van der Waals surface area (Å²) >= 11 is 0. The summed E-state index contributed by atoms with van der Waals surface area (Å²) in [6, 6.07) is 4.91. The summed E-state index contributed by atoms with van der Waals surface area (Å²) in [6.45, 7) is 0. The summed E-state index contributed by atoms with van der Waals surface area (Å²) in [6.07, 6.45) is 0.893. The predicted octanol–water partition coefficient (Wildman–Crippen LogP) is 0.886. The van der Waals surface area contributed by atoms with E-state index in [1.165, 1.54) is 6.07 Å². The van der Waals surface area contributed by atoms with Crippen molar-refractivity contribution in [1.82, 2.24) is 10.1 Å². The lowest BCUT2D eigenvalue weighted by atomic mass is 10.2. The molecule has 0 amide bonds. The van der Waals surface area contributed by atoms with Gasteiger partial charge >= 0.3 is 11.9 Å². The summed E-state index contributed by atoms with van der Waals surface area (Å²) in [5.74, 6) is -2.55. The van der Waals surface area contributed by atoms with Gasteiger partial charge in [0.2, 0.25) is 0 Å². The van der Waals surface area contributed by atoms with Gasteiger partial charge in [0, 0.05) is 23.5 Å². The molecule has 8 nitrogen and oxygen atoms in total. The summed E-state index contributed by atoms with van der Waals surface area (Å²) in [5.41, 5.74) is 0.644. The molecule has 1 aromatic carbocycles. The predicted molar refractivity (Wildman–Crippen MR) is 79.2 cm³/mol. The van der Waals surface area contributed by atoms with Crippen molar-refractivity contribution in [2.45, 2.75) is 18.9 Å². The largest absolute Gasteiger partial charge is 0.481 e. The lowest BCUT2D eigenvalue weighted by molar-refractivity contribution is -0.140. The summed E-state index contributed by atoms with van der Waals surface area (Å²) in [5, 5.41) is 20.5. The van der Waals surface area contributed by atoms with E-state index in [1.54, 1.807) is 24.4 Å². The van der Waals surface area contributed by atoms with E-state index in [2.05, 4.69) is 10.1 Å².